The molecule has 0 aliphatic carbocycles. The van der Waals surface area contributed by atoms with Gasteiger partial charge in [-0.3, -0.25) is 4.90 Å². The molecule has 0 unspecified atom stereocenters. The number of hydrogen-bond donors (Lipinski definition) is 1. The topological polar surface area (TPSA) is 49.8 Å². The molecule has 1 aromatic carbocycles. The highest BCUT2D eigenvalue weighted by Gasteiger charge is 2.11. The summed E-state index contributed by atoms with van der Waals surface area (Å²) in [5.41, 5.74) is 0.189. The maximum Gasteiger partial charge on any atom is 0.343 e. The summed E-state index contributed by atoms with van der Waals surface area (Å²) in [5.74, 6) is -0.576. The summed E-state index contributed by atoms with van der Waals surface area (Å²) in [4.78, 5) is 13.1. The van der Waals surface area contributed by atoms with E-state index in [9.17, 15) is 9.90 Å². The second-order valence-corrected chi connectivity index (χ2v) is 3.16. The molecule has 0 heterocycles. The van der Waals surface area contributed by atoms with Crippen LogP contribution in [0.3, 0.4) is 0 Å². The molecule has 0 bridgehead atoms. The van der Waals surface area contributed by atoms with Crippen molar-refractivity contribution >= 4 is 5.97 Å². The van der Waals surface area contributed by atoms with Crippen molar-refractivity contribution in [2.24, 2.45) is 0 Å². The van der Waals surface area contributed by atoms with Crippen molar-refractivity contribution in [3.63, 3.8) is 0 Å². The van der Waals surface area contributed by atoms with Crippen molar-refractivity contribution < 1.29 is 14.6 Å². The van der Waals surface area contributed by atoms with Gasteiger partial charge in [0.15, 0.2) is 0 Å². The number of carbonyl (C=O) groups is 1. The van der Waals surface area contributed by atoms with Gasteiger partial charge in [-0.1, -0.05) is 12.1 Å². The molecule has 1 N–H and O–H groups in total. The van der Waals surface area contributed by atoms with E-state index in [4.69, 9.17) is 4.74 Å². The lowest BCUT2D eigenvalue weighted by Gasteiger charge is -2.10. The van der Waals surface area contributed by atoms with Gasteiger partial charge in [0.1, 0.15) is 18.0 Å². The number of phenolic OH excluding ortho intramolecular Hbond substituents is 1. The van der Waals surface area contributed by atoms with Crippen molar-refractivity contribution in [3.8, 4) is 5.75 Å². The van der Waals surface area contributed by atoms with Gasteiger partial charge in [-0.2, -0.15) is 0 Å². The van der Waals surface area contributed by atoms with Crippen molar-refractivity contribution in [1.82, 2.24) is 4.90 Å². The minimum absolute atomic E-state index is 0.0590. The maximum atomic E-state index is 11.4. The van der Waals surface area contributed by atoms with E-state index in [2.05, 4.69) is 0 Å². The average molecular weight is 195 g/mol. The van der Waals surface area contributed by atoms with Crippen LogP contribution in [0.5, 0.6) is 5.75 Å². The van der Waals surface area contributed by atoms with Crippen LogP contribution >= 0.6 is 0 Å². The summed E-state index contributed by atoms with van der Waals surface area (Å²) in [7, 11) is 3.58. The number of esters is 1. The summed E-state index contributed by atoms with van der Waals surface area (Å²) in [6.45, 7) is 0.202. The van der Waals surface area contributed by atoms with E-state index in [1.807, 2.05) is 0 Å². The van der Waals surface area contributed by atoms with Gasteiger partial charge in [0.25, 0.3) is 0 Å². The highest BCUT2D eigenvalue weighted by molar-refractivity contribution is 5.92. The molecule has 1 aromatic rings. The average Bonchev–Trinajstić information content (AvgIpc) is 2.15. The van der Waals surface area contributed by atoms with Crippen LogP contribution in [0, 0.1) is 0 Å². The number of nitrogens with zero attached hydrogens (tertiary/aromatic N) is 1. The van der Waals surface area contributed by atoms with Crippen LogP contribution in [0.4, 0.5) is 0 Å². The van der Waals surface area contributed by atoms with E-state index in [0.29, 0.717) is 0 Å². The normalized spacial score (nSPS) is 10.2. The highest BCUT2D eigenvalue weighted by atomic mass is 16.5. The van der Waals surface area contributed by atoms with Crippen LogP contribution < -0.4 is 0 Å². The lowest BCUT2D eigenvalue weighted by Crippen LogP contribution is -2.19. The van der Waals surface area contributed by atoms with Crippen molar-refractivity contribution in [2.45, 2.75) is 0 Å². The first-order valence-electron chi connectivity index (χ1n) is 4.21. The van der Waals surface area contributed by atoms with Crippen LogP contribution in [-0.2, 0) is 4.74 Å². The Labute approximate surface area is 82.7 Å². The summed E-state index contributed by atoms with van der Waals surface area (Å²) >= 11 is 0. The maximum absolute atomic E-state index is 11.4. The molecule has 0 saturated carbocycles. The molecule has 0 aromatic heterocycles. The smallest absolute Gasteiger partial charge is 0.343 e. The summed E-state index contributed by atoms with van der Waals surface area (Å²) < 4.78 is 4.90. The molecule has 14 heavy (non-hydrogen) atoms. The predicted molar refractivity (Wildman–Crippen MR) is 52.1 cm³/mol. The van der Waals surface area contributed by atoms with E-state index in [0.717, 1.165) is 0 Å². The number of phenols is 1. The summed E-state index contributed by atoms with van der Waals surface area (Å²) in [5, 5.41) is 9.33. The van der Waals surface area contributed by atoms with E-state index >= 15 is 0 Å². The Morgan fingerprint density at radius 3 is 2.64 bits per heavy atom. The van der Waals surface area contributed by atoms with E-state index in [1.165, 1.54) is 12.1 Å². The zero-order valence-corrected chi connectivity index (χ0v) is 8.23. The number of rotatable bonds is 3. The monoisotopic (exact) mass is 195 g/mol. The Balaban J connectivity index is 2.65. The van der Waals surface area contributed by atoms with Gasteiger partial charge in [-0.05, 0) is 26.2 Å². The molecular formula is C10H13NO3. The molecular weight excluding hydrogens is 182 g/mol. The van der Waals surface area contributed by atoms with Gasteiger partial charge in [0.2, 0.25) is 0 Å². The van der Waals surface area contributed by atoms with Crippen molar-refractivity contribution in [2.75, 3.05) is 20.8 Å². The highest BCUT2D eigenvalue weighted by Crippen LogP contribution is 2.16. The number of para-hydroxylation sites is 1. The SMILES string of the molecule is CN(C)COC(=O)c1ccccc1O. The molecule has 0 saturated heterocycles. The molecule has 0 atom stereocenters. The number of hydrogen-bond acceptors (Lipinski definition) is 4. The third-order valence-corrected chi connectivity index (χ3v) is 1.58. The Hall–Kier alpha value is -1.55. The van der Waals surface area contributed by atoms with E-state index < -0.39 is 5.97 Å². The molecule has 0 aliphatic rings. The first-order chi connectivity index (χ1) is 6.61. The molecule has 0 radical (unpaired) electrons. The Bertz CT molecular complexity index is 323. The molecule has 1 rings (SSSR count). The number of ether oxygens (including phenoxy) is 1. The largest absolute Gasteiger partial charge is 0.507 e. The third kappa shape index (κ3) is 2.74. The number of aromatic hydroxyl groups is 1. The fourth-order valence-electron chi connectivity index (χ4n) is 0.912. The Morgan fingerprint density at radius 1 is 1.43 bits per heavy atom. The number of benzene rings is 1. The molecule has 4 heteroatoms. The zero-order valence-electron chi connectivity index (χ0n) is 8.23. The van der Waals surface area contributed by atoms with Crippen molar-refractivity contribution in [1.29, 1.82) is 0 Å². The van der Waals surface area contributed by atoms with Crippen LogP contribution in [0.2, 0.25) is 0 Å². The van der Waals surface area contributed by atoms with Gasteiger partial charge < -0.3 is 9.84 Å². The lowest BCUT2D eigenvalue weighted by atomic mass is 10.2. The third-order valence-electron chi connectivity index (χ3n) is 1.58. The standard InChI is InChI=1S/C10H13NO3/c1-11(2)7-14-10(13)8-5-3-4-6-9(8)12/h3-6,12H,7H2,1-2H3. The summed E-state index contributed by atoms with van der Waals surface area (Å²) in [6.07, 6.45) is 0. The molecule has 76 valence electrons. The number of carbonyl (C=O) groups excluding carboxylic acids is 1. The second-order valence-electron chi connectivity index (χ2n) is 3.16. The van der Waals surface area contributed by atoms with Crippen LogP contribution in [0.25, 0.3) is 0 Å². The minimum Gasteiger partial charge on any atom is -0.507 e. The van der Waals surface area contributed by atoms with Crippen LogP contribution in [0.15, 0.2) is 24.3 Å². The summed E-state index contributed by atoms with van der Waals surface area (Å²) in [6, 6.07) is 6.30. The molecule has 4 nitrogen and oxygen atoms in total. The van der Waals surface area contributed by atoms with Gasteiger partial charge >= 0.3 is 5.97 Å². The van der Waals surface area contributed by atoms with Crippen LogP contribution in [0.1, 0.15) is 10.4 Å². The predicted octanol–water partition coefficient (Wildman–Crippen LogP) is 1.07. The first kappa shape index (κ1) is 10.5. The van der Waals surface area contributed by atoms with Crippen molar-refractivity contribution in [3.05, 3.63) is 29.8 Å². The molecule has 0 spiro atoms. The van der Waals surface area contributed by atoms with Gasteiger partial charge in [0.05, 0.1) is 0 Å². The van der Waals surface area contributed by atoms with E-state index in [-0.39, 0.29) is 18.0 Å². The van der Waals surface area contributed by atoms with Gasteiger partial charge in [0, 0.05) is 0 Å². The fraction of sp³-hybridized carbons (Fsp3) is 0.300. The van der Waals surface area contributed by atoms with Crippen LogP contribution in [-0.4, -0.2) is 36.8 Å². The quantitative estimate of drug-likeness (QED) is 0.579. The minimum atomic E-state index is -0.517. The second kappa shape index (κ2) is 4.62. The Morgan fingerprint density at radius 2 is 2.07 bits per heavy atom. The molecule has 0 amide bonds. The molecule has 0 fully saturated rings. The lowest BCUT2D eigenvalue weighted by molar-refractivity contribution is 0.0316. The first-order valence-corrected chi connectivity index (χ1v) is 4.21. The molecule has 0 aliphatic heterocycles. The Kier molecular flexibility index (Phi) is 3.48. The zero-order chi connectivity index (χ0) is 10.6. The fourth-order valence-corrected chi connectivity index (χ4v) is 0.912. The van der Waals surface area contributed by atoms with Gasteiger partial charge in [-0.25, -0.2) is 4.79 Å². The van der Waals surface area contributed by atoms with E-state index in [1.54, 1.807) is 31.1 Å². The van der Waals surface area contributed by atoms with Gasteiger partial charge in [-0.15, -0.1) is 0 Å².